The molecule has 3 heteroatoms. The van der Waals surface area contributed by atoms with Gasteiger partial charge in [0.05, 0.1) is 6.17 Å². The molecule has 1 atom stereocenters. The Balaban J connectivity index is 2.00. The van der Waals surface area contributed by atoms with Gasteiger partial charge in [0.15, 0.2) is 0 Å². The van der Waals surface area contributed by atoms with Gasteiger partial charge in [0.25, 0.3) is 0 Å². The molecule has 0 aromatic heterocycles. The second kappa shape index (κ2) is 5.03. The lowest BCUT2D eigenvalue weighted by molar-refractivity contribution is 0.0185. The van der Waals surface area contributed by atoms with E-state index in [-0.39, 0.29) is 0 Å². The first-order valence-corrected chi connectivity index (χ1v) is 6.73. The molecule has 0 aliphatic carbocycles. The highest BCUT2D eigenvalue weighted by molar-refractivity contribution is 4.85. The minimum absolute atomic E-state index is 0.411. The van der Waals surface area contributed by atoms with Crippen LogP contribution in [0.1, 0.15) is 33.1 Å². The first-order chi connectivity index (χ1) is 7.58. The van der Waals surface area contributed by atoms with Gasteiger partial charge in [0.1, 0.15) is 0 Å². The molecular formula is C13H27N3. The summed E-state index contributed by atoms with van der Waals surface area (Å²) in [4.78, 5) is 5.24. The minimum atomic E-state index is 0.411. The number of piperidine rings is 1. The van der Waals surface area contributed by atoms with Crippen LogP contribution in [-0.2, 0) is 0 Å². The Labute approximate surface area is 100 Å². The van der Waals surface area contributed by atoms with E-state index in [2.05, 4.69) is 36.0 Å². The van der Waals surface area contributed by atoms with E-state index in [1.54, 1.807) is 0 Å². The van der Waals surface area contributed by atoms with Crippen molar-refractivity contribution in [3.8, 4) is 0 Å². The van der Waals surface area contributed by atoms with Gasteiger partial charge >= 0.3 is 0 Å². The third-order valence-electron chi connectivity index (χ3n) is 3.96. The quantitative estimate of drug-likeness (QED) is 0.727. The highest BCUT2D eigenvalue weighted by Gasteiger charge is 2.31. The van der Waals surface area contributed by atoms with Crippen LogP contribution in [0.5, 0.6) is 0 Å². The van der Waals surface area contributed by atoms with Gasteiger partial charge in [-0.05, 0) is 38.3 Å². The molecular weight excluding hydrogens is 198 g/mol. The van der Waals surface area contributed by atoms with Gasteiger partial charge in [-0.25, -0.2) is 0 Å². The second-order valence-electron chi connectivity index (χ2n) is 6.27. The molecule has 0 aromatic carbocycles. The highest BCUT2D eigenvalue weighted by Crippen LogP contribution is 2.24. The fourth-order valence-corrected chi connectivity index (χ4v) is 3.11. The molecule has 1 unspecified atom stereocenters. The molecule has 0 aromatic rings. The zero-order chi connectivity index (χ0) is 11.6. The predicted octanol–water partition coefficient (Wildman–Crippen LogP) is 1.36. The van der Waals surface area contributed by atoms with Gasteiger partial charge in [-0.15, -0.1) is 0 Å². The maximum atomic E-state index is 3.56. The molecule has 2 heterocycles. The Hall–Kier alpha value is -0.120. The van der Waals surface area contributed by atoms with Crippen LogP contribution in [0.25, 0.3) is 0 Å². The van der Waals surface area contributed by atoms with Crippen molar-refractivity contribution in [2.45, 2.75) is 39.3 Å². The number of nitrogens with zero attached hydrogens (tertiary/aromatic N) is 2. The maximum absolute atomic E-state index is 3.56. The third-order valence-corrected chi connectivity index (χ3v) is 3.96. The van der Waals surface area contributed by atoms with Crippen molar-refractivity contribution >= 4 is 0 Å². The van der Waals surface area contributed by atoms with E-state index in [0.29, 0.717) is 11.6 Å². The van der Waals surface area contributed by atoms with Gasteiger partial charge < -0.3 is 5.32 Å². The zero-order valence-electron chi connectivity index (χ0n) is 11.1. The van der Waals surface area contributed by atoms with E-state index in [4.69, 9.17) is 0 Å². The lowest BCUT2D eigenvalue weighted by Gasteiger charge is -2.42. The van der Waals surface area contributed by atoms with E-state index >= 15 is 0 Å². The molecule has 2 aliphatic rings. The normalized spacial score (nSPS) is 33.6. The molecule has 0 radical (unpaired) electrons. The van der Waals surface area contributed by atoms with Crippen LogP contribution in [0, 0.1) is 5.41 Å². The molecule has 94 valence electrons. The molecule has 2 saturated heterocycles. The van der Waals surface area contributed by atoms with Gasteiger partial charge in [-0.2, -0.15) is 0 Å². The average Bonchev–Trinajstić information content (AvgIpc) is 2.40. The summed E-state index contributed by atoms with van der Waals surface area (Å²) in [5.74, 6) is 0. The van der Waals surface area contributed by atoms with Crippen molar-refractivity contribution in [1.29, 1.82) is 0 Å². The summed E-state index contributed by atoms with van der Waals surface area (Å²) in [5.41, 5.74) is 0.411. The van der Waals surface area contributed by atoms with Crippen molar-refractivity contribution < 1.29 is 0 Å². The molecule has 16 heavy (non-hydrogen) atoms. The summed E-state index contributed by atoms with van der Waals surface area (Å²) in [7, 11) is 2.29. The van der Waals surface area contributed by atoms with E-state index < -0.39 is 0 Å². The third kappa shape index (κ3) is 2.96. The monoisotopic (exact) mass is 225 g/mol. The molecule has 2 aliphatic heterocycles. The van der Waals surface area contributed by atoms with Crippen LogP contribution in [0.2, 0.25) is 0 Å². The Morgan fingerprint density at radius 2 is 2.00 bits per heavy atom. The van der Waals surface area contributed by atoms with Crippen molar-refractivity contribution in [3.05, 3.63) is 0 Å². The largest absolute Gasteiger partial charge is 0.315 e. The molecule has 2 rings (SSSR count). The SMILES string of the molecule is CN1CCCCC1N1CCNCC(C)(C)C1. The number of nitrogens with one attached hydrogen (secondary N) is 1. The second-order valence-corrected chi connectivity index (χ2v) is 6.27. The van der Waals surface area contributed by atoms with E-state index in [1.807, 2.05) is 0 Å². The molecule has 2 fully saturated rings. The summed E-state index contributed by atoms with van der Waals surface area (Å²) in [5, 5.41) is 3.56. The predicted molar refractivity (Wildman–Crippen MR) is 68.5 cm³/mol. The summed E-state index contributed by atoms with van der Waals surface area (Å²) in [6.07, 6.45) is 4.82. The molecule has 0 bridgehead atoms. The molecule has 0 saturated carbocycles. The standard InChI is InChI=1S/C13H27N3/c1-13(2)10-14-7-9-16(11-13)12-6-4-5-8-15(12)3/h12,14H,4-11H2,1-3H3. The Morgan fingerprint density at radius 3 is 2.75 bits per heavy atom. The maximum Gasteiger partial charge on any atom is 0.0620 e. The van der Waals surface area contributed by atoms with Crippen molar-refractivity contribution in [3.63, 3.8) is 0 Å². The Morgan fingerprint density at radius 1 is 1.19 bits per heavy atom. The van der Waals surface area contributed by atoms with Crippen LogP contribution >= 0.6 is 0 Å². The van der Waals surface area contributed by atoms with Crippen LogP contribution < -0.4 is 5.32 Å². The van der Waals surface area contributed by atoms with Gasteiger partial charge in [0.2, 0.25) is 0 Å². The van der Waals surface area contributed by atoms with Crippen LogP contribution in [0.4, 0.5) is 0 Å². The van der Waals surface area contributed by atoms with E-state index in [9.17, 15) is 0 Å². The van der Waals surface area contributed by atoms with Crippen LogP contribution in [0.3, 0.4) is 0 Å². The van der Waals surface area contributed by atoms with Gasteiger partial charge in [0, 0.05) is 26.2 Å². The number of hydrogen-bond acceptors (Lipinski definition) is 3. The topological polar surface area (TPSA) is 18.5 Å². The lowest BCUT2D eigenvalue weighted by Crippen LogP contribution is -2.51. The van der Waals surface area contributed by atoms with Crippen molar-refractivity contribution in [1.82, 2.24) is 15.1 Å². The summed E-state index contributed by atoms with van der Waals surface area (Å²) < 4.78 is 0. The molecule has 1 N–H and O–H groups in total. The van der Waals surface area contributed by atoms with Crippen molar-refractivity contribution in [2.24, 2.45) is 5.41 Å². The smallest absolute Gasteiger partial charge is 0.0620 e. The van der Waals surface area contributed by atoms with E-state index in [0.717, 1.165) is 13.1 Å². The van der Waals surface area contributed by atoms with Crippen molar-refractivity contribution in [2.75, 3.05) is 39.8 Å². The lowest BCUT2D eigenvalue weighted by atomic mass is 9.92. The summed E-state index contributed by atoms with van der Waals surface area (Å²) in [6.45, 7) is 10.8. The van der Waals surface area contributed by atoms with Gasteiger partial charge in [-0.1, -0.05) is 13.8 Å². The average molecular weight is 225 g/mol. The first kappa shape index (κ1) is 12.3. The Bertz CT molecular complexity index is 227. The van der Waals surface area contributed by atoms with Gasteiger partial charge in [-0.3, -0.25) is 9.80 Å². The summed E-state index contributed by atoms with van der Waals surface area (Å²) in [6, 6.07) is 0. The fraction of sp³-hybridized carbons (Fsp3) is 1.00. The minimum Gasteiger partial charge on any atom is -0.315 e. The molecule has 0 spiro atoms. The number of hydrogen-bond donors (Lipinski definition) is 1. The highest BCUT2D eigenvalue weighted by atomic mass is 15.4. The molecule has 3 nitrogen and oxygen atoms in total. The first-order valence-electron chi connectivity index (χ1n) is 6.73. The van der Waals surface area contributed by atoms with Crippen LogP contribution in [0.15, 0.2) is 0 Å². The Kier molecular flexibility index (Phi) is 3.88. The van der Waals surface area contributed by atoms with E-state index in [1.165, 1.54) is 38.9 Å². The summed E-state index contributed by atoms with van der Waals surface area (Å²) >= 11 is 0. The molecule has 0 amide bonds. The fourth-order valence-electron chi connectivity index (χ4n) is 3.11. The number of rotatable bonds is 1. The zero-order valence-corrected chi connectivity index (χ0v) is 11.1. The number of likely N-dealkylation sites (tertiary alicyclic amines) is 1. The van der Waals surface area contributed by atoms with Crippen LogP contribution in [-0.4, -0.2) is 55.7 Å².